The zero-order valence-electron chi connectivity index (χ0n) is 12.8. The molecule has 0 atom stereocenters. The molecule has 1 aliphatic rings. The third-order valence-electron chi connectivity index (χ3n) is 3.82. The molecule has 2 aromatic carbocycles. The molecule has 3 aromatic rings. The van der Waals surface area contributed by atoms with E-state index < -0.39 is 9.84 Å². The van der Waals surface area contributed by atoms with Gasteiger partial charge in [0.2, 0.25) is 6.79 Å². The van der Waals surface area contributed by atoms with Crippen LogP contribution in [-0.2, 0) is 9.84 Å². The van der Waals surface area contributed by atoms with Gasteiger partial charge in [-0.15, -0.1) is 0 Å². The van der Waals surface area contributed by atoms with Crippen molar-refractivity contribution >= 4 is 9.84 Å². The number of benzene rings is 2. The average Bonchev–Trinajstić information content (AvgIpc) is 3.22. The fourth-order valence-corrected chi connectivity index (χ4v) is 3.24. The Morgan fingerprint density at radius 3 is 2.54 bits per heavy atom. The second-order valence-corrected chi connectivity index (χ2v) is 7.47. The van der Waals surface area contributed by atoms with Crippen LogP contribution < -0.4 is 9.47 Å². The second kappa shape index (κ2) is 5.38. The maximum atomic E-state index is 11.6. The number of fused-ring (bicyclic) bond motifs is 1. The number of imidazole rings is 1. The van der Waals surface area contributed by atoms with Crippen LogP contribution in [-0.4, -0.2) is 31.0 Å². The minimum absolute atomic E-state index is 0.225. The Morgan fingerprint density at radius 1 is 1.04 bits per heavy atom. The van der Waals surface area contributed by atoms with Crippen molar-refractivity contribution in [1.82, 2.24) is 9.55 Å². The van der Waals surface area contributed by atoms with Crippen LogP contribution in [0.4, 0.5) is 0 Å². The van der Waals surface area contributed by atoms with Crippen molar-refractivity contribution in [3.8, 4) is 28.6 Å². The summed E-state index contributed by atoms with van der Waals surface area (Å²) in [5, 5.41) is 0. The molecule has 2 heterocycles. The molecule has 24 heavy (non-hydrogen) atoms. The molecule has 0 saturated heterocycles. The lowest BCUT2D eigenvalue weighted by atomic mass is 10.2. The number of hydrogen-bond donors (Lipinski definition) is 0. The van der Waals surface area contributed by atoms with E-state index in [9.17, 15) is 8.42 Å². The molecule has 0 fully saturated rings. The molecule has 0 aliphatic carbocycles. The molecule has 0 unspecified atom stereocenters. The maximum Gasteiger partial charge on any atom is 0.231 e. The van der Waals surface area contributed by atoms with Crippen molar-refractivity contribution in [1.29, 1.82) is 0 Å². The topological polar surface area (TPSA) is 70.4 Å². The summed E-state index contributed by atoms with van der Waals surface area (Å²) in [7, 11) is -3.22. The van der Waals surface area contributed by atoms with E-state index in [1.54, 1.807) is 30.5 Å². The monoisotopic (exact) mass is 342 g/mol. The van der Waals surface area contributed by atoms with Crippen molar-refractivity contribution in [3.63, 3.8) is 0 Å². The Hall–Kier alpha value is -2.80. The number of sulfone groups is 1. The van der Waals surface area contributed by atoms with Gasteiger partial charge in [-0.2, -0.15) is 0 Å². The average molecular weight is 342 g/mol. The van der Waals surface area contributed by atoms with Gasteiger partial charge in [0.15, 0.2) is 21.3 Å². The van der Waals surface area contributed by atoms with E-state index in [1.165, 1.54) is 6.26 Å². The Kier molecular flexibility index (Phi) is 3.31. The Bertz CT molecular complexity index is 1010. The normalized spacial score (nSPS) is 13.2. The quantitative estimate of drug-likeness (QED) is 0.732. The molecule has 122 valence electrons. The highest BCUT2D eigenvalue weighted by Gasteiger charge is 2.16. The fourth-order valence-electron chi connectivity index (χ4n) is 2.61. The van der Waals surface area contributed by atoms with Gasteiger partial charge in [-0.1, -0.05) is 0 Å². The summed E-state index contributed by atoms with van der Waals surface area (Å²) < 4.78 is 35.8. The lowest BCUT2D eigenvalue weighted by Crippen LogP contribution is -1.99. The molecule has 7 heteroatoms. The Morgan fingerprint density at radius 2 is 1.79 bits per heavy atom. The van der Waals surface area contributed by atoms with Crippen LogP contribution in [0.1, 0.15) is 0 Å². The van der Waals surface area contributed by atoms with Gasteiger partial charge in [0.05, 0.1) is 10.6 Å². The zero-order valence-corrected chi connectivity index (χ0v) is 13.7. The molecule has 6 nitrogen and oxygen atoms in total. The molecule has 1 aromatic heterocycles. The van der Waals surface area contributed by atoms with Crippen LogP contribution in [0.15, 0.2) is 59.8 Å². The number of hydrogen-bond acceptors (Lipinski definition) is 5. The summed E-state index contributed by atoms with van der Waals surface area (Å²) in [6.45, 7) is 0.225. The van der Waals surface area contributed by atoms with Gasteiger partial charge in [-0.25, -0.2) is 13.4 Å². The van der Waals surface area contributed by atoms with E-state index in [2.05, 4.69) is 4.98 Å². The van der Waals surface area contributed by atoms with Crippen molar-refractivity contribution in [3.05, 3.63) is 54.9 Å². The molecule has 0 saturated carbocycles. The second-order valence-electron chi connectivity index (χ2n) is 5.45. The van der Waals surface area contributed by atoms with Crippen molar-refractivity contribution < 1.29 is 17.9 Å². The summed E-state index contributed by atoms with van der Waals surface area (Å²) in [6.07, 6.45) is 4.73. The minimum atomic E-state index is -3.22. The summed E-state index contributed by atoms with van der Waals surface area (Å²) in [5.41, 5.74) is 1.71. The third kappa shape index (κ3) is 2.52. The number of nitrogens with zero attached hydrogens (tertiary/aromatic N) is 2. The molecular weight excluding hydrogens is 328 g/mol. The molecule has 0 radical (unpaired) electrons. The van der Waals surface area contributed by atoms with Crippen LogP contribution in [0.2, 0.25) is 0 Å². The van der Waals surface area contributed by atoms with Gasteiger partial charge >= 0.3 is 0 Å². The van der Waals surface area contributed by atoms with E-state index in [-0.39, 0.29) is 11.7 Å². The Balaban J connectivity index is 1.75. The first-order valence-electron chi connectivity index (χ1n) is 7.26. The van der Waals surface area contributed by atoms with E-state index in [0.29, 0.717) is 11.6 Å². The number of rotatable bonds is 3. The number of aromatic nitrogens is 2. The van der Waals surface area contributed by atoms with Crippen LogP contribution in [0.3, 0.4) is 0 Å². The fraction of sp³-hybridized carbons (Fsp3) is 0.118. The standard InChI is InChI=1S/C17H14N2O4S/c1-24(20,21)14-5-2-12(3-6-14)17-18-8-9-19(17)13-4-7-15-16(10-13)23-11-22-15/h2-10H,11H2,1H3. The van der Waals surface area contributed by atoms with Crippen molar-refractivity contribution in [2.45, 2.75) is 4.90 Å². The van der Waals surface area contributed by atoms with Crippen molar-refractivity contribution in [2.24, 2.45) is 0 Å². The van der Waals surface area contributed by atoms with Gasteiger partial charge in [0.1, 0.15) is 5.82 Å². The molecule has 0 amide bonds. The summed E-state index contributed by atoms with van der Waals surface area (Å²) in [5.74, 6) is 2.13. The van der Waals surface area contributed by atoms with Gasteiger partial charge in [0, 0.05) is 30.3 Å². The van der Waals surface area contributed by atoms with Crippen LogP contribution >= 0.6 is 0 Å². The van der Waals surface area contributed by atoms with Gasteiger partial charge in [-0.3, -0.25) is 4.57 Å². The van der Waals surface area contributed by atoms with Gasteiger partial charge in [0.25, 0.3) is 0 Å². The lowest BCUT2D eigenvalue weighted by molar-refractivity contribution is 0.174. The highest BCUT2D eigenvalue weighted by atomic mass is 32.2. The summed E-state index contributed by atoms with van der Waals surface area (Å²) in [4.78, 5) is 4.67. The predicted molar refractivity (Wildman–Crippen MR) is 88.2 cm³/mol. The van der Waals surface area contributed by atoms with Crippen molar-refractivity contribution in [2.75, 3.05) is 13.0 Å². The third-order valence-corrected chi connectivity index (χ3v) is 4.94. The van der Waals surface area contributed by atoms with E-state index in [0.717, 1.165) is 17.0 Å². The molecule has 0 spiro atoms. The SMILES string of the molecule is CS(=O)(=O)c1ccc(-c2nccn2-c2ccc3c(c2)OCO3)cc1. The Labute approximate surface area is 139 Å². The van der Waals surface area contributed by atoms with E-state index in [1.807, 2.05) is 29.0 Å². The first-order chi connectivity index (χ1) is 11.5. The maximum absolute atomic E-state index is 11.6. The largest absolute Gasteiger partial charge is 0.454 e. The van der Waals surface area contributed by atoms with Crippen LogP contribution in [0.5, 0.6) is 11.5 Å². The van der Waals surface area contributed by atoms with E-state index >= 15 is 0 Å². The first kappa shape index (κ1) is 14.8. The predicted octanol–water partition coefficient (Wildman–Crippen LogP) is 2.67. The summed E-state index contributed by atoms with van der Waals surface area (Å²) in [6, 6.07) is 12.3. The molecule has 1 aliphatic heterocycles. The minimum Gasteiger partial charge on any atom is -0.454 e. The van der Waals surface area contributed by atoms with E-state index in [4.69, 9.17) is 9.47 Å². The van der Waals surface area contributed by atoms with Gasteiger partial charge in [-0.05, 0) is 36.4 Å². The molecule has 4 rings (SSSR count). The molecular formula is C17H14N2O4S. The van der Waals surface area contributed by atoms with Gasteiger partial charge < -0.3 is 9.47 Å². The molecule has 0 bridgehead atoms. The first-order valence-corrected chi connectivity index (χ1v) is 9.15. The van der Waals surface area contributed by atoms with Crippen LogP contribution in [0, 0.1) is 0 Å². The lowest BCUT2D eigenvalue weighted by Gasteiger charge is -2.09. The smallest absolute Gasteiger partial charge is 0.231 e. The van der Waals surface area contributed by atoms with Crippen LogP contribution in [0.25, 0.3) is 17.1 Å². The number of ether oxygens (including phenoxy) is 2. The molecule has 0 N–H and O–H groups in total. The highest BCUT2D eigenvalue weighted by Crippen LogP contribution is 2.34. The zero-order chi connectivity index (χ0) is 16.7. The summed E-state index contributed by atoms with van der Waals surface area (Å²) >= 11 is 0. The highest BCUT2D eigenvalue weighted by molar-refractivity contribution is 7.90.